The summed E-state index contributed by atoms with van der Waals surface area (Å²) in [5.74, 6) is 0.481. The van der Waals surface area contributed by atoms with Crippen molar-refractivity contribution in [2.45, 2.75) is 31.5 Å². The fraction of sp³-hybridized carbons (Fsp3) is 0.238. The molecule has 0 amide bonds. The van der Waals surface area contributed by atoms with Crippen LogP contribution in [0.15, 0.2) is 48.8 Å². The van der Waals surface area contributed by atoms with Gasteiger partial charge in [-0.2, -0.15) is 13.2 Å². The number of rotatable bonds is 3. The van der Waals surface area contributed by atoms with Crippen LogP contribution in [0.25, 0.3) is 11.3 Å². The molecule has 29 heavy (non-hydrogen) atoms. The monoisotopic (exact) mass is 400 g/mol. The normalized spacial score (nSPS) is 18.5. The second-order valence-electron chi connectivity index (χ2n) is 7.51. The van der Waals surface area contributed by atoms with Gasteiger partial charge in [0, 0.05) is 35.8 Å². The summed E-state index contributed by atoms with van der Waals surface area (Å²) in [5.41, 5.74) is 7.96. The summed E-state index contributed by atoms with van der Waals surface area (Å²) in [5, 5.41) is 13.6. The van der Waals surface area contributed by atoms with Crippen molar-refractivity contribution in [2.24, 2.45) is 0 Å². The van der Waals surface area contributed by atoms with E-state index in [2.05, 4.69) is 15.3 Å². The third-order valence-corrected chi connectivity index (χ3v) is 4.99. The molecule has 0 radical (unpaired) electrons. The molecule has 0 saturated heterocycles. The van der Waals surface area contributed by atoms with E-state index < -0.39 is 17.3 Å². The molecule has 2 aromatic carbocycles. The Bertz CT molecular complexity index is 1080. The lowest BCUT2D eigenvalue weighted by Gasteiger charge is -2.15. The number of halogens is 3. The van der Waals surface area contributed by atoms with E-state index in [4.69, 9.17) is 5.73 Å². The third-order valence-electron chi connectivity index (χ3n) is 4.99. The molecule has 1 unspecified atom stereocenters. The molecule has 150 valence electrons. The molecular weight excluding hydrogens is 381 g/mol. The second kappa shape index (κ2) is 6.73. The van der Waals surface area contributed by atoms with Crippen LogP contribution in [-0.4, -0.2) is 20.7 Å². The van der Waals surface area contributed by atoms with Gasteiger partial charge in [-0.1, -0.05) is 18.2 Å². The molecule has 3 aromatic rings. The summed E-state index contributed by atoms with van der Waals surface area (Å²) in [6.45, 7) is 1.80. The lowest BCUT2D eigenvalue weighted by molar-refractivity contribution is -0.137. The Morgan fingerprint density at radius 3 is 2.62 bits per heavy atom. The average Bonchev–Trinajstić information content (AvgIpc) is 2.96. The largest absolute Gasteiger partial charge is 0.416 e. The summed E-state index contributed by atoms with van der Waals surface area (Å²) >= 11 is 0. The summed E-state index contributed by atoms with van der Waals surface area (Å²) < 4.78 is 38.6. The summed E-state index contributed by atoms with van der Waals surface area (Å²) in [6, 6.07) is 10.6. The van der Waals surface area contributed by atoms with Crippen molar-refractivity contribution < 1.29 is 18.3 Å². The van der Waals surface area contributed by atoms with E-state index in [0.29, 0.717) is 29.9 Å². The molecule has 1 heterocycles. The fourth-order valence-corrected chi connectivity index (χ4v) is 3.66. The maximum Gasteiger partial charge on any atom is 0.416 e. The van der Waals surface area contributed by atoms with E-state index in [1.165, 1.54) is 12.4 Å². The minimum atomic E-state index is -4.46. The first-order valence-electron chi connectivity index (χ1n) is 9.02. The number of benzene rings is 2. The van der Waals surface area contributed by atoms with Gasteiger partial charge in [0.05, 0.1) is 16.9 Å². The van der Waals surface area contributed by atoms with Gasteiger partial charge in [-0.3, -0.25) is 0 Å². The van der Waals surface area contributed by atoms with Crippen molar-refractivity contribution in [1.82, 2.24) is 9.97 Å². The maximum atomic E-state index is 12.9. The molecule has 1 aliphatic rings. The van der Waals surface area contributed by atoms with E-state index in [9.17, 15) is 18.3 Å². The topological polar surface area (TPSA) is 84.1 Å². The number of hydrogen-bond acceptors (Lipinski definition) is 5. The van der Waals surface area contributed by atoms with E-state index in [1.807, 2.05) is 18.2 Å². The van der Waals surface area contributed by atoms with Gasteiger partial charge >= 0.3 is 6.18 Å². The first-order chi connectivity index (χ1) is 13.6. The van der Waals surface area contributed by atoms with Crippen LogP contribution in [0.3, 0.4) is 0 Å². The van der Waals surface area contributed by atoms with Gasteiger partial charge < -0.3 is 16.2 Å². The summed E-state index contributed by atoms with van der Waals surface area (Å²) in [4.78, 5) is 8.35. The molecule has 1 aliphatic carbocycles. The quantitative estimate of drug-likeness (QED) is 0.570. The van der Waals surface area contributed by atoms with Crippen LogP contribution in [0.5, 0.6) is 0 Å². The zero-order valence-corrected chi connectivity index (χ0v) is 15.6. The minimum absolute atomic E-state index is 0.0128. The molecule has 0 fully saturated rings. The molecule has 0 aliphatic heterocycles. The van der Waals surface area contributed by atoms with E-state index in [-0.39, 0.29) is 5.69 Å². The van der Waals surface area contributed by atoms with Gasteiger partial charge in [-0.25, -0.2) is 9.97 Å². The zero-order valence-electron chi connectivity index (χ0n) is 15.6. The first-order valence-corrected chi connectivity index (χ1v) is 9.02. The van der Waals surface area contributed by atoms with E-state index >= 15 is 0 Å². The molecule has 5 nitrogen and oxygen atoms in total. The van der Waals surface area contributed by atoms with E-state index in [0.717, 1.165) is 28.9 Å². The number of nitrogens with two attached hydrogens (primary N) is 1. The van der Waals surface area contributed by atoms with E-state index in [1.54, 1.807) is 13.0 Å². The van der Waals surface area contributed by atoms with Gasteiger partial charge in [0.1, 0.15) is 12.1 Å². The fourth-order valence-electron chi connectivity index (χ4n) is 3.66. The van der Waals surface area contributed by atoms with Crippen LogP contribution < -0.4 is 11.1 Å². The molecule has 1 atom stereocenters. The standard InChI is InChI=1S/C21H19F3N4O/c1-20(29)9-12-3-2-4-17(15(12)10-20)28-19-8-18(26-11-27-19)14-6-5-13(7-16(14)25)21(22,23)24/h2-8,11,29H,9-10,25H2,1H3,(H,26,27,28). The van der Waals surface area contributed by atoms with Crippen LogP contribution in [0.4, 0.5) is 30.4 Å². The number of aliphatic hydroxyl groups is 1. The molecule has 1 aromatic heterocycles. The van der Waals surface area contributed by atoms with Crippen molar-refractivity contribution in [2.75, 3.05) is 11.1 Å². The lowest BCUT2D eigenvalue weighted by Crippen LogP contribution is -2.23. The molecule has 0 bridgehead atoms. The van der Waals surface area contributed by atoms with Crippen LogP contribution >= 0.6 is 0 Å². The molecule has 4 N–H and O–H groups in total. The number of anilines is 3. The minimum Gasteiger partial charge on any atom is -0.398 e. The predicted molar refractivity (Wildman–Crippen MR) is 105 cm³/mol. The summed E-state index contributed by atoms with van der Waals surface area (Å²) in [6.07, 6.45) is -2.03. The van der Waals surface area contributed by atoms with Crippen molar-refractivity contribution >= 4 is 17.2 Å². The smallest absolute Gasteiger partial charge is 0.398 e. The van der Waals surface area contributed by atoms with Crippen LogP contribution in [-0.2, 0) is 19.0 Å². The van der Waals surface area contributed by atoms with Gasteiger partial charge in [-0.15, -0.1) is 0 Å². The molecule has 4 rings (SSSR count). The van der Waals surface area contributed by atoms with Crippen molar-refractivity contribution in [3.05, 3.63) is 65.5 Å². The maximum absolute atomic E-state index is 12.9. The number of hydrogen-bond donors (Lipinski definition) is 3. The first kappa shape index (κ1) is 19.2. The zero-order chi connectivity index (χ0) is 20.8. The Labute approximate surface area is 165 Å². The SMILES string of the molecule is CC1(O)Cc2cccc(Nc3cc(-c4ccc(C(F)(F)F)cc4N)ncn3)c2C1. The Morgan fingerprint density at radius 1 is 1.10 bits per heavy atom. The summed E-state index contributed by atoms with van der Waals surface area (Å²) in [7, 11) is 0. The molecular formula is C21H19F3N4O. The number of alkyl halides is 3. The van der Waals surface area contributed by atoms with Crippen LogP contribution in [0.2, 0.25) is 0 Å². The number of aromatic nitrogens is 2. The van der Waals surface area contributed by atoms with Gasteiger partial charge in [-0.05, 0) is 36.2 Å². The highest BCUT2D eigenvalue weighted by atomic mass is 19.4. The number of fused-ring (bicyclic) bond motifs is 1. The Hall–Kier alpha value is -3.13. The predicted octanol–water partition coefficient (Wildman–Crippen LogP) is 4.34. The number of nitrogens with one attached hydrogen (secondary N) is 1. The number of nitrogens with zero attached hydrogens (tertiary/aromatic N) is 2. The third kappa shape index (κ3) is 3.88. The van der Waals surface area contributed by atoms with Gasteiger partial charge in [0.2, 0.25) is 0 Å². The van der Waals surface area contributed by atoms with Crippen molar-refractivity contribution in [3.63, 3.8) is 0 Å². The molecule has 8 heteroatoms. The van der Waals surface area contributed by atoms with Crippen molar-refractivity contribution in [1.29, 1.82) is 0 Å². The van der Waals surface area contributed by atoms with Crippen molar-refractivity contribution in [3.8, 4) is 11.3 Å². The lowest BCUT2D eigenvalue weighted by atomic mass is 10.0. The Morgan fingerprint density at radius 2 is 1.90 bits per heavy atom. The highest BCUT2D eigenvalue weighted by Crippen LogP contribution is 2.37. The number of nitrogen functional groups attached to an aromatic ring is 1. The van der Waals surface area contributed by atoms with Gasteiger partial charge in [0.25, 0.3) is 0 Å². The van der Waals surface area contributed by atoms with Crippen LogP contribution in [0, 0.1) is 0 Å². The van der Waals surface area contributed by atoms with Gasteiger partial charge in [0.15, 0.2) is 0 Å². The highest BCUT2D eigenvalue weighted by molar-refractivity contribution is 5.76. The second-order valence-corrected chi connectivity index (χ2v) is 7.51. The Balaban J connectivity index is 1.64. The molecule has 0 saturated carbocycles. The average molecular weight is 400 g/mol. The van der Waals surface area contributed by atoms with Crippen LogP contribution in [0.1, 0.15) is 23.6 Å². The molecule has 0 spiro atoms. The Kier molecular flexibility index (Phi) is 4.46. The highest BCUT2D eigenvalue weighted by Gasteiger charge is 2.32.